The van der Waals surface area contributed by atoms with Crippen molar-refractivity contribution in [2.75, 3.05) is 41.5 Å². The number of nitrogens with two attached hydrogens (primary N) is 1. The molecule has 0 spiro atoms. The molecule has 10 nitrogen and oxygen atoms in total. The Labute approximate surface area is 253 Å². The fraction of sp³-hybridized carbons (Fsp3) is 0.484. The molecule has 4 atom stereocenters. The third-order valence-electron chi connectivity index (χ3n) is 7.28. The van der Waals surface area contributed by atoms with Gasteiger partial charge >= 0.3 is 5.97 Å². The molecule has 42 heavy (non-hydrogen) atoms. The van der Waals surface area contributed by atoms with Gasteiger partial charge in [0.15, 0.2) is 0 Å². The van der Waals surface area contributed by atoms with Crippen molar-refractivity contribution in [2.45, 2.75) is 50.7 Å². The van der Waals surface area contributed by atoms with Crippen LogP contribution in [0.3, 0.4) is 0 Å². The summed E-state index contributed by atoms with van der Waals surface area (Å²) >= 11 is 6.02. The molecule has 0 aliphatic heterocycles. The summed E-state index contributed by atoms with van der Waals surface area (Å²) < 4.78 is 9.85. The number of ether oxygens (including phenoxy) is 2. The van der Waals surface area contributed by atoms with Crippen LogP contribution in [0.1, 0.15) is 30.9 Å². The van der Waals surface area contributed by atoms with Crippen LogP contribution in [0.5, 0.6) is 0 Å². The lowest BCUT2D eigenvalue weighted by atomic mass is 9.94. The van der Waals surface area contributed by atoms with Crippen LogP contribution in [-0.2, 0) is 41.5 Å². The second-order valence-electron chi connectivity index (χ2n) is 10.5. The van der Waals surface area contributed by atoms with Crippen LogP contribution < -0.4 is 11.1 Å². The minimum Gasteiger partial charge on any atom is -0.469 e. The zero-order chi connectivity index (χ0) is 31.2. The SMILES string of the molecule is COC[C@H](N)C(=O)N(C)[C@H](CC(=O)NC[C@H](C)N(C)C(=O)[C@@H](CC(=O)OC)Cc1ccccc1)Cc1ccc(Cl)cc1. The van der Waals surface area contributed by atoms with Gasteiger partial charge in [0, 0.05) is 51.3 Å². The maximum absolute atomic E-state index is 13.4. The summed E-state index contributed by atoms with van der Waals surface area (Å²) in [5, 5.41) is 3.48. The first-order chi connectivity index (χ1) is 20.0. The van der Waals surface area contributed by atoms with Crippen LogP contribution in [0, 0.1) is 5.92 Å². The summed E-state index contributed by atoms with van der Waals surface area (Å²) in [7, 11) is 6.04. The van der Waals surface area contributed by atoms with Gasteiger partial charge in [-0.2, -0.15) is 0 Å². The number of carbonyl (C=O) groups is 4. The highest BCUT2D eigenvalue weighted by atomic mass is 35.5. The molecule has 0 heterocycles. The van der Waals surface area contributed by atoms with Gasteiger partial charge in [-0.25, -0.2) is 0 Å². The lowest BCUT2D eigenvalue weighted by Gasteiger charge is -2.31. The normalized spacial score (nSPS) is 13.8. The van der Waals surface area contributed by atoms with E-state index in [1.807, 2.05) is 49.4 Å². The van der Waals surface area contributed by atoms with E-state index in [0.717, 1.165) is 11.1 Å². The predicted molar refractivity (Wildman–Crippen MR) is 162 cm³/mol. The Balaban J connectivity index is 2.07. The van der Waals surface area contributed by atoms with Crippen molar-refractivity contribution in [3.05, 3.63) is 70.7 Å². The number of amides is 3. The number of benzene rings is 2. The Kier molecular flexibility index (Phi) is 14.5. The largest absolute Gasteiger partial charge is 0.469 e. The van der Waals surface area contributed by atoms with E-state index in [2.05, 4.69) is 5.32 Å². The molecule has 3 amide bonds. The van der Waals surface area contributed by atoms with Gasteiger partial charge in [0.05, 0.1) is 26.1 Å². The van der Waals surface area contributed by atoms with Gasteiger partial charge in [-0.3, -0.25) is 19.2 Å². The number of rotatable bonds is 16. The number of hydrogen-bond donors (Lipinski definition) is 2. The Morgan fingerprint density at radius 2 is 1.50 bits per heavy atom. The van der Waals surface area contributed by atoms with E-state index in [4.69, 9.17) is 26.8 Å². The third kappa shape index (κ3) is 11.1. The Morgan fingerprint density at radius 1 is 0.881 bits per heavy atom. The van der Waals surface area contributed by atoms with E-state index in [-0.39, 0.29) is 49.8 Å². The smallest absolute Gasteiger partial charge is 0.306 e. The topological polar surface area (TPSA) is 131 Å². The van der Waals surface area contributed by atoms with Crippen molar-refractivity contribution in [1.29, 1.82) is 0 Å². The number of carbonyl (C=O) groups excluding carboxylic acids is 4. The molecule has 0 unspecified atom stereocenters. The lowest BCUT2D eigenvalue weighted by molar-refractivity contribution is -0.147. The highest BCUT2D eigenvalue weighted by Gasteiger charge is 2.29. The molecule has 3 N–H and O–H groups in total. The molecule has 2 aromatic carbocycles. The molecule has 0 fully saturated rings. The Hall–Kier alpha value is -3.47. The average Bonchev–Trinajstić information content (AvgIpc) is 2.99. The number of halogens is 1. The molecule has 11 heteroatoms. The van der Waals surface area contributed by atoms with E-state index >= 15 is 0 Å². The fourth-order valence-electron chi connectivity index (χ4n) is 4.55. The summed E-state index contributed by atoms with van der Waals surface area (Å²) in [5.41, 5.74) is 7.83. The van der Waals surface area contributed by atoms with Crippen LogP contribution in [0.2, 0.25) is 5.02 Å². The molecule has 0 bridgehead atoms. The molecule has 0 aliphatic rings. The summed E-state index contributed by atoms with van der Waals surface area (Å²) in [6.07, 6.45) is 0.769. The Morgan fingerprint density at radius 3 is 2.10 bits per heavy atom. The first kappa shape index (κ1) is 34.7. The van der Waals surface area contributed by atoms with Crippen LogP contribution in [0.15, 0.2) is 54.6 Å². The van der Waals surface area contributed by atoms with Gasteiger partial charge in [-0.1, -0.05) is 54.1 Å². The van der Waals surface area contributed by atoms with Crippen molar-refractivity contribution in [1.82, 2.24) is 15.1 Å². The first-order valence-electron chi connectivity index (χ1n) is 13.9. The minimum absolute atomic E-state index is 0.0217. The number of methoxy groups -OCH3 is 2. The zero-order valence-corrected chi connectivity index (χ0v) is 25.8. The molecule has 230 valence electrons. The maximum atomic E-state index is 13.4. The number of esters is 1. The fourth-order valence-corrected chi connectivity index (χ4v) is 4.68. The quantitative estimate of drug-likeness (QED) is 0.282. The maximum Gasteiger partial charge on any atom is 0.306 e. The summed E-state index contributed by atoms with van der Waals surface area (Å²) in [4.78, 5) is 54.5. The van der Waals surface area contributed by atoms with Gasteiger partial charge in [-0.15, -0.1) is 0 Å². The van der Waals surface area contributed by atoms with Gasteiger partial charge in [0.1, 0.15) is 6.04 Å². The van der Waals surface area contributed by atoms with E-state index in [9.17, 15) is 19.2 Å². The summed E-state index contributed by atoms with van der Waals surface area (Å²) in [5.74, 6) is -1.91. The van der Waals surface area contributed by atoms with Crippen molar-refractivity contribution in [2.24, 2.45) is 11.7 Å². The number of nitrogens with one attached hydrogen (secondary N) is 1. The van der Waals surface area contributed by atoms with Crippen molar-refractivity contribution >= 4 is 35.3 Å². The second kappa shape index (κ2) is 17.5. The highest BCUT2D eigenvalue weighted by molar-refractivity contribution is 6.30. The average molecular weight is 603 g/mol. The van der Waals surface area contributed by atoms with E-state index in [1.54, 1.807) is 31.1 Å². The molecular weight excluding hydrogens is 560 g/mol. The molecule has 2 aromatic rings. The first-order valence-corrected chi connectivity index (χ1v) is 14.2. The monoisotopic (exact) mass is 602 g/mol. The molecule has 0 saturated carbocycles. The van der Waals surface area contributed by atoms with E-state index in [1.165, 1.54) is 19.1 Å². The summed E-state index contributed by atoms with van der Waals surface area (Å²) in [6.45, 7) is 2.06. The third-order valence-corrected chi connectivity index (χ3v) is 7.53. The molecule has 0 aliphatic carbocycles. The molecular formula is C31H43ClN4O6. The van der Waals surface area contributed by atoms with Crippen LogP contribution in [0.25, 0.3) is 0 Å². The summed E-state index contributed by atoms with van der Waals surface area (Å²) in [6, 6.07) is 15.0. The van der Waals surface area contributed by atoms with Gasteiger partial charge < -0.3 is 30.3 Å². The van der Waals surface area contributed by atoms with Crippen LogP contribution in [0.4, 0.5) is 0 Å². The van der Waals surface area contributed by atoms with E-state index in [0.29, 0.717) is 17.9 Å². The molecule has 2 rings (SSSR count). The van der Waals surface area contributed by atoms with Gasteiger partial charge in [0.25, 0.3) is 0 Å². The Bertz CT molecular complexity index is 1160. The number of hydrogen-bond acceptors (Lipinski definition) is 7. The van der Waals surface area contributed by atoms with Crippen molar-refractivity contribution in [3.8, 4) is 0 Å². The van der Waals surface area contributed by atoms with Crippen LogP contribution in [-0.4, -0.2) is 93.1 Å². The van der Waals surface area contributed by atoms with E-state index < -0.39 is 24.0 Å². The molecule has 0 radical (unpaired) electrons. The van der Waals surface area contributed by atoms with Gasteiger partial charge in [0.2, 0.25) is 17.7 Å². The van der Waals surface area contributed by atoms with Crippen molar-refractivity contribution in [3.63, 3.8) is 0 Å². The lowest BCUT2D eigenvalue weighted by Crippen LogP contribution is -2.51. The molecule has 0 aromatic heterocycles. The van der Waals surface area contributed by atoms with Crippen LogP contribution >= 0.6 is 11.6 Å². The predicted octanol–water partition coefficient (Wildman–Crippen LogP) is 2.46. The van der Waals surface area contributed by atoms with Gasteiger partial charge in [-0.05, 0) is 43.0 Å². The zero-order valence-electron chi connectivity index (χ0n) is 25.0. The number of nitrogens with zero attached hydrogens (tertiary/aromatic N) is 2. The molecule has 0 saturated heterocycles. The number of likely N-dealkylation sites (N-methyl/N-ethyl adjacent to an activating group) is 2. The highest BCUT2D eigenvalue weighted by Crippen LogP contribution is 2.18. The minimum atomic E-state index is -0.857. The van der Waals surface area contributed by atoms with Crippen molar-refractivity contribution < 1.29 is 28.7 Å². The standard InChI is InChI=1S/C31H43ClN4O6/c1-21(35(2)30(39)24(17-29(38)42-5)15-22-9-7-6-8-10-22)19-34-28(37)18-26(16-23-11-13-25(32)14-12-23)36(3)31(40)27(33)20-41-4/h6-14,21,24,26-27H,15-20,33H2,1-5H3,(H,34,37)/t21-,24+,26-,27-/m0/s1. The second-order valence-corrected chi connectivity index (χ2v) is 10.9.